The van der Waals surface area contributed by atoms with Crippen LogP contribution in [0.5, 0.6) is 0 Å². The summed E-state index contributed by atoms with van der Waals surface area (Å²) in [6.45, 7) is 0. The Kier molecular flexibility index (Phi) is 6.32. The molecule has 1 amide bonds. The highest BCUT2D eigenvalue weighted by Crippen LogP contribution is 2.32. The summed E-state index contributed by atoms with van der Waals surface area (Å²) >= 11 is 0. The molecule has 0 radical (unpaired) electrons. The minimum atomic E-state index is -3.34. The highest BCUT2D eigenvalue weighted by atomic mass is 32.2. The summed E-state index contributed by atoms with van der Waals surface area (Å²) in [6.07, 6.45) is 8.32. The second-order valence-corrected chi connectivity index (χ2v) is 9.49. The second kappa shape index (κ2) is 8.70. The highest BCUT2D eigenvalue weighted by molar-refractivity contribution is 7.90. The Labute approximate surface area is 161 Å². The highest BCUT2D eigenvalue weighted by Gasteiger charge is 2.22. The van der Waals surface area contributed by atoms with Crippen molar-refractivity contribution < 1.29 is 13.2 Å². The fourth-order valence-electron chi connectivity index (χ4n) is 3.83. The van der Waals surface area contributed by atoms with Crippen molar-refractivity contribution in [3.63, 3.8) is 0 Å². The quantitative estimate of drug-likeness (QED) is 0.794. The predicted molar refractivity (Wildman–Crippen MR) is 107 cm³/mol. The Balaban J connectivity index is 1.80. The number of carbonyl (C=O) groups is 1. The van der Waals surface area contributed by atoms with Crippen LogP contribution in [0.2, 0.25) is 0 Å². The van der Waals surface area contributed by atoms with Crippen molar-refractivity contribution in [2.45, 2.75) is 49.5 Å². The molecule has 0 aliphatic heterocycles. The molecule has 0 bridgehead atoms. The molecule has 0 heterocycles. The van der Waals surface area contributed by atoms with Gasteiger partial charge in [0.15, 0.2) is 9.84 Å². The Morgan fingerprint density at radius 2 is 1.74 bits per heavy atom. The van der Waals surface area contributed by atoms with E-state index in [-0.39, 0.29) is 16.8 Å². The molecule has 1 N–H and O–H groups in total. The SMILES string of the molecule is CS(=O)(=O)c1cccc(C(=O)NC(CC2CCCCC2)c2ccccc2)c1. The summed E-state index contributed by atoms with van der Waals surface area (Å²) in [5.74, 6) is 0.386. The number of hydrogen-bond donors (Lipinski definition) is 1. The van der Waals surface area contributed by atoms with Gasteiger partial charge in [-0.3, -0.25) is 4.79 Å². The van der Waals surface area contributed by atoms with E-state index in [1.165, 1.54) is 44.2 Å². The average molecular weight is 386 g/mol. The van der Waals surface area contributed by atoms with Crippen molar-refractivity contribution in [3.05, 3.63) is 65.7 Å². The van der Waals surface area contributed by atoms with Gasteiger partial charge in [0.1, 0.15) is 0 Å². The fraction of sp³-hybridized carbons (Fsp3) is 0.409. The summed E-state index contributed by atoms with van der Waals surface area (Å²) in [4.78, 5) is 13.0. The molecule has 2 aromatic carbocycles. The van der Waals surface area contributed by atoms with Crippen molar-refractivity contribution in [2.24, 2.45) is 5.92 Å². The number of nitrogens with one attached hydrogen (secondary N) is 1. The van der Waals surface area contributed by atoms with Gasteiger partial charge in [-0.2, -0.15) is 0 Å². The van der Waals surface area contributed by atoms with Crippen molar-refractivity contribution in [1.29, 1.82) is 0 Å². The molecule has 1 aliphatic rings. The van der Waals surface area contributed by atoms with E-state index in [0.29, 0.717) is 11.5 Å². The van der Waals surface area contributed by atoms with Gasteiger partial charge in [0.25, 0.3) is 5.91 Å². The summed E-state index contributed by atoms with van der Waals surface area (Å²) in [5, 5.41) is 3.14. The maximum absolute atomic E-state index is 12.8. The molecule has 1 unspecified atom stereocenters. The van der Waals surface area contributed by atoms with Crippen LogP contribution in [0.4, 0.5) is 0 Å². The van der Waals surface area contributed by atoms with E-state index in [4.69, 9.17) is 0 Å². The Morgan fingerprint density at radius 1 is 1.04 bits per heavy atom. The zero-order valence-electron chi connectivity index (χ0n) is 15.7. The average Bonchev–Trinajstić information content (AvgIpc) is 2.68. The Morgan fingerprint density at radius 3 is 2.41 bits per heavy atom. The summed E-state index contributed by atoms with van der Waals surface area (Å²) in [5.41, 5.74) is 1.47. The van der Waals surface area contributed by atoms with E-state index >= 15 is 0 Å². The van der Waals surface area contributed by atoms with Gasteiger partial charge in [-0.15, -0.1) is 0 Å². The van der Waals surface area contributed by atoms with Crippen LogP contribution in [0.25, 0.3) is 0 Å². The third-order valence-corrected chi connectivity index (χ3v) is 6.44. The minimum Gasteiger partial charge on any atom is -0.345 e. The van der Waals surface area contributed by atoms with Crippen LogP contribution in [-0.4, -0.2) is 20.6 Å². The van der Waals surface area contributed by atoms with E-state index < -0.39 is 9.84 Å². The first-order chi connectivity index (χ1) is 12.9. The molecule has 3 rings (SSSR count). The summed E-state index contributed by atoms with van der Waals surface area (Å²) < 4.78 is 23.6. The number of rotatable bonds is 6. The van der Waals surface area contributed by atoms with Crippen molar-refractivity contribution >= 4 is 15.7 Å². The monoisotopic (exact) mass is 385 g/mol. The molecule has 27 heavy (non-hydrogen) atoms. The lowest BCUT2D eigenvalue weighted by Crippen LogP contribution is -2.30. The minimum absolute atomic E-state index is 0.0660. The van der Waals surface area contributed by atoms with Gasteiger partial charge < -0.3 is 5.32 Å². The Bertz CT molecular complexity index is 871. The second-order valence-electron chi connectivity index (χ2n) is 7.48. The molecule has 4 nitrogen and oxygen atoms in total. The van der Waals surface area contributed by atoms with Crippen LogP contribution in [0.1, 0.15) is 60.5 Å². The van der Waals surface area contributed by atoms with Gasteiger partial charge in [0.2, 0.25) is 0 Å². The van der Waals surface area contributed by atoms with Crippen LogP contribution >= 0.6 is 0 Å². The first kappa shape index (κ1) is 19.6. The molecular formula is C22H27NO3S. The number of hydrogen-bond acceptors (Lipinski definition) is 3. The van der Waals surface area contributed by atoms with Gasteiger partial charge in [-0.1, -0.05) is 68.5 Å². The third kappa shape index (κ3) is 5.42. The molecule has 1 fully saturated rings. The smallest absolute Gasteiger partial charge is 0.251 e. The van der Waals surface area contributed by atoms with Crippen molar-refractivity contribution in [1.82, 2.24) is 5.32 Å². The van der Waals surface area contributed by atoms with E-state index in [1.54, 1.807) is 12.1 Å². The third-order valence-electron chi connectivity index (χ3n) is 5.33. The van der Waals surface area contributed by atoms with E-state index in [2.05, 4.69) is 5.32 Å². The maximum atomic E-state index is 12.8. The van der Waals surface area contributed by atoms with Gasteiger partial charge in [0, 0.05) is 11.8 Å². The van der Waals surface area contributed by atoms with Gasteiger partial charge in [0.05, 0.1) is 10.9 Å². The number of amides is 1. The fourth-order valence-corrected chi connectivity index (χ4v) is 4.50. The zero-order chi connectivity index (χ0) is 19.3. The standard InChI is InChI=1S/C22H27NO3S/c1-27(25,26)20-14-8-13-19(16-20)22(24)23-21(18-11-6-3-7-12-18)15-17-9-4-2-5-10-17/h3,6-8,11-14,16-17,21H,2,4-5,9-10,15H2,1H3,(H,23,24). The summed E-state index contributed by atoms with van der Waals surface area (Å²) in [7, 11) is -3.34. The van der Waals surface area contributed by atoms with Crippen LogP contribution in [0, 0.1) is 5.92 Å². The molecule has 1 saturated carbocycles. The van der Waals surface area contributed by atoms with Crippen LogP contribution in [-0.2, 0) is 9.84 Å². The Hall–Kier alpha value is -2.14. The predicted octanol–water partition coefficient (Wildman–Crippen LogP) is 4.53. The van der Waals surface area contributed by atoms with E-state index in [0.717, 1.165) is 18.2 Å². The lowest BCUT2D eigenvalue weighted by molar-refractivity contribution is 0.0928. The van der Waals surface area contributed by atoms with Crippen molar-refractivity contribution in [3.8, 4) is 0 Å². The molecular weight excluding hydrogens is 358 g/mol. The van der Waals surface area contributed by atoms with Gasteiger partial charge in [-0.05, 0) is 36.1 Å². The number of benzene rings is 2. The maximum Gasteiger partial charge on any atom is 0.251 e. The van der Waals surface area contributed by atoms with Crippen LogP contribution in [0.15, 0.2) is 59.5 Å². The topological polar surface area (TPSA) is 63.2 Å². The number of carbonyl (C=O) groups excluding carboxylic acids is 1. The van der Waals surface area contributed by atoms with Gasteiger partial charge >= 0.3 is 0 Å². The molecule has 1 aliphatic carbocycles. The van der Waals surface area contributed by atoms with Crippen LogP contribution < -0.4 is 5.32 Å². The van der Waals surface area contributed by atoms with Crippen LogP contribution in [0.3, 0.4) is 0 Å². The molecule has 144 valence electrons. The molecule has 5 heteroatoms. The molecule has 0 spiro atoms. The first-order valence-electron chi connectivity index (χ1n) is 9.59. The largest absolute Gasteiger partial charge is 0.345 e. The zero-order valence-corrected chi connectivity index (χ0v) is 16.5. The van der Waals surface area contributed by atoms with E-state index in [1.807, 2.05) is 30.3 Å². The lowest BCUT2D eigenvalue weighted by Gasteiger charge is -2.27. The van der Waals surface area contributed by atoms with E-state index in [9.17, 15) is 13.2 Å². The summed E-state index contributed by atoms with van der Waals surface area (Å²) in [6, 6.07) is 16.2. The number of sulfone groups is 1. The molecule has 2 aromatic rings. The van der Waals surface area contributed by atoms with Crippen molar-refractivity contribution in [2.75, 3.05) is 6.26 Å². The lowest BCUT2D eigenvalue weighted by atomic mass is 9.83. The first-order valence-corrected chi connectivity index (χ1v) is 11.5. The molecule has 0 aromatic heterocycles. The molecule has 0 saturated heterocycles. The van der Waals surface area contributed by atoms with Gasteiger partial charge in [-0.25, -0.2) is 8.42 Å². The molecule has 1 atom stereocenters. The normalized spacial score (nSPS) is 16.6.